The molecule has 7 heteroatoms. The monoisotopic (exact) mass is 435 g/mol. The lowest BCUT2D eigenvalue weighted by Crippen LogP contribution is -2.26. The first-order valence-electron chi connectivity index (χ1n) is 10.3. The first-order valence-corrected chi connectivity index (χ1v) is 11.1. The number of nitriles is 1. The summed E-state index contributed by atoms with van der Waals surface area (Å²) < 4.78 is 10.6. The SMILES string of the molecule is COc1cccc(-c2cc(C(=O)Nc3sc4c(c3C#N)CC[C@@H](C(C)(C)C)C4)no2)c1. The van der Waals surface area contributed by atoms with Gasteiger partial charge in [-0.15, -0.1) is 11.3 Å². The molecular weight excluding hydrogens is 410 g/mol. The maximum absolute atomic E-state index is 12.8. The van der Waals surface area contributed by atoms with Gasteiger partial charge in [0.05, 0.1) is 12.7 Å². The summed E-state index contributed by atoms with van der Waals surface area (Å²) >= 11 is 1.51. The number of amides is 1. The fourth-order valence-corrected chi connectivity index (χ4v) is 5.27. The van der Waals surface area contributed by atoms with Gasteiger partial charge in [-0.2, -0.15) is 5.26 Å². The van der Waals surface area contributed by atoms with Crippen LogP contribution in [-0.2, 0) is 12.8 Å². The van der Waals surface area contributed by atoms with Gasteiger partial charge in [0.1, 0.15) is 16.8 Å². The fraction of sp³-hybridized carbons (Fsp3) is 0.375. The molecule has 160 valence electrons. The molecule has 0 bridgehead atoms. The Hall–Kier alpha value is -3.11. The second kappa shape index (κ2) is 8.20. The maximum atomic E-state index is 12.8. The van der Waals surface area contributed by atoms with Crippen molar-refractivity contribution in [2.24, 2.45) is 11.3 Å². The molecule has 0 radical (unpaired) electrons. The molecular formula is C24H25N3O3S. The van der Waals surface area contributed by atoms with E-state index in [0.717, 1.165) is 30.4 Å². The summed E-state index contributed by atoms with van der Waals surface area (Å²) in [6.45, 7) is 6.78. The standard InChI is InChI=1S/C24H25N3O3S/c1-24(2,3)15-8-9-17-18(13-25)23(31-21(17)11-15)26-22(28)19-12-20(30-27-19)14-6-5-7-16(10-14)29-4/h5-7,10,12,15H,8-9,11H2,1-4H3,(H,26,28)/t15-/m1/s1. The highest BCUT2D eigenvalue weighted by atomic mass is 32.1. The summed E-state index contributed by atoms with van der Waals surface area (Å²) in [5.74, 6) is 1.34. The van der Waals surface area contributed by atoms with Crippen LogP contribution in [0.2, 0.25) is 0 Å². The predicted molar refractivity (Wildman–Crippen MR) is 120 cm³/mol. The van der Waals surface area contributed by atoms with Crippen LogP contribution in [0.5, 0.6) is 5.75 Å². The summed E-state index contributed by atoms with van der Waals surface area (Å²) in [7, 11) is 1.59. The summed E-state index contributed by atoms with van der Waals surface area (Å²) in [6, 6.07) is 11.2. The minimum atomic E-state index is -0.389. The van der Waals surface area contributed by atoms with Crippen LogP contribution in [0.15, 0.2) is 34.9 Å². The van der Waals surface area contributed by atoms with Crippen molar-refractivity contribution in [2.75, 3.05) is 12.4 Å². The Kier molecular flexibility index (Phi) is 5.59. The highest BCUT2D eigenvalue weighted by molar-refractivity contribution is 7.16. The molecule has 1 amide bonds. The smallest absolute Gasteiger partial charge is 0.278 e. The van der Waals surface area contributed by atoms with E-state index in [4.69, 9.17) is 9.26 Å². The van der Waals surface area contributed by atoms with Gasteiger partial charge in [0, 0.05) is 16.5 Å². The van der Waals surface area contributed by atoms with E-state index < -0.39 is 0 Å². The van der Waals surface area contributed by atoms with Gasteiger partial charge in [-0.25, -0.2) is 0 Å². The molecule has 6 nitrogen and oxygen atoms in total. The molecule has 0 aliphatic heterocycles. The minimum Gasteiger partial charge on any atom is -0.497 e. The third-order valence-electron chi connectivity index (χ3n) is 5.93. The van der Waals surface area contributed by atoms with Crippen LogP contribution in [-0.4, -0.2) is 18.2 Å². The number of thiophene rings is 1. The number of hydrogen-bond acceptors (Lipinski definition) is 6. The van der Waals surface area contributed by atoms with Crippen molar-refractivity contribution in [2.45, 2.75) is 40.0 Å². The number of rotatable bonds is 4. The van der Waals surface area contributed by atoms with Crippen molar-refractivity contribution in [1.29, 1.82) is 5.26 Å². The van der Waals surface area contributed by atoms with Gasteiger partial charge in [-0.05, 0) is 48.3 Å². The minimum absolute atomic E-state index is 0.167. The molecule has 0 fully saturated rings. The molecule has 1 atom stereocenters. The number of nitrogens with one attached hydrogen (secondary N) is 1. The number of carbonyl (C=O) groups is 1. The van der Waals surface area contributed by atoms with Crippen molar-refractivity contribution in [1.82, 2.24) is 5.16 Å². The Morgan fingerprint density at radius 2 is 2.16 bits per heavy atom. The van der Waals surface area contributed by atoms with Crippen LogP contribution in [0.25, 0.3) is 11.3 Å². The van der Waals surface area contributed by atoms with Gasteiger partial charge in [0.2, 0.25) is 0 Å². The summed E-state index contributed by atoms with van der Waals surface area (Å²) in [6.07, 6.45) is 2.87. The van der Waals surface area contributed by atoms with Gasteiger partial charge < -0.3 is 14.6 Å². The molecule has 2 aromatic heterocycles. The second-order valence-electron chi connectivity index (χ2n) is 8.89. The van der Waals surface area contributed by atoms with E-state index in [1.807, 2.05) is 24.3 Å². The number of methoxy groups -OCH3 is 1. The van der Waals surface area contributed by atoms with Gasteiger partial charge in [-0.3, -0.25) is 4.79 Å². The Balaban J connectivity index is 1.55. The lowest BCUT2D eigenvalue weighted by Gasteiger charge is -2.33. The van der Waals surface area contributed by atoms with E-state index in [0.29, 0.717) is 28.0 Å². The molecule has 0 unspecified atom stereocenters. The number of nitrogens with zero attached hydrogens (tertiary/aromatic N) is 2. The molecule has 1 aliphatic rings. The van der Waals surface area contributed by atoms with Crippen molar-refractivity contribution < 1.29 is 14.1 Å². The largest absolute Gasteiger partial charge is 0.497 e. The quantitative estimate of drug-likeness (QED) is 0.569. The van der Waals surface area contributed by atoms with Crippen molar-refractivity contribution in [3.63, 3.8) is 0 Å². The lowest BCUT2D eigenvalue weighted by molar-refractivity contribution is 0.101. The van der Waals surface area contributed by atoms with Gasteiger partial charge in [0.15, 0.2) is 11.5 Å². The number of hydrogen-bond donors (Lipinski definition) is 1. The maximum Gasteiger partial charge on any atom is 0.278 e. The molecule has 4 rings (SSSR count). The molecule has 0 saturated heterocycles. The van der Waals surface area contributed by atoms with Crippen molar-refractivity contribution in [3.8, 4) is 23.1 Å². The zero-order valence-electron chi connectivity index (χ0n) is 18.1. The first-order chi connectivity index (χ1) is 14.8. The van der Waals surface area contributed by atoms with Crippen LogP contribution >= 0.6 is 11.3 Å². The molecule has 0 saturated carbocycles. The molecule has 1 aromatic carbocycles. The van der Waals surface area contributed by atoms with Gasteiger partial charge in [0.25, 0.3) is 5.91 Å². The van der Waals surface area contributed by atoms with Crippen molar-refractivity contribution >= 4 is 22.2 Å². The Morgan fingerprint density at radius 1 is 1.35 bits per heavy atom. The Bertz CT molecular complexity index is 1160. The number of ether oxygens (including phenoxy) is 1. The number of benzene rings is 1. The van der Waals surface area contributed by atoms with Crippen LogP contribution in [0.3, 0.4) is 0 Å². The van der Waals surface area contributed by atoms with Crippen LogP contribution < -0.4 is 10.1 Å². The molecule has 2 heterocycles. The van der Waals surface area contributed by atoms with Crippen LogP contribution in [0.4, 0.5) is 5.00 Å². The van der Waals surface area contributed by atoms with E-state index in [1.54, 1.807) is 13.2 Å². The van der Waals surface area contributed by atoms with E-state index in [1.165, 1.54) is 16.2 Å². The number of fused-ring (bicyclic) bond motifs is 1. The average molecular weight is 436 g/mol. The van der Waals surface area contributed by atoms with E-state index in [9.17, 15) is 10.1 Å². The van der Waals surface area contributed by atoms with E-state index in [-0.39, 0.29) is 17.0 Å². The molecule has 3 aromatic rings. The van der Waals surface area contributed by atoms with Crippen LogP contribution in [0.1, 0.15) is 53.7 Å². The fourth-order valence-electron chi connectivity index (χ4n) is 3.99. The third kappa shape index (κ3) is 4.21. The first kappa shape index (κ1) is 21.1. The Labute approximate surface area is 185 Å². The molecule has 0 spiro atoms. The number of anilines is 1. The molecule has 1 N–H and O–H groups in total. The summed E-state index contributed by atoms with van der Waals surface area (Å²) in [4.78, 5) is 14.0. The van der Waals surface area contributed by atoms with E-state index in [2.05, 4.69) is 37.3 Å². The Morgan fingerprint density at radius 3 is 2.87 bits per heavy atom. The zero-order chi connectivity index (χ0) is 22.2. The van der Waals surface area contributed by atoms with Gasteiger partial charge >= 0.3 is 0 Å². The zero-order valence-corrected chi connectivity index (χ0v) is 18.9. The summed E-state index contributed by atoms with van der Waals surface area (Å²) in [5, 5.41) is 17.1. The molecule has 1 aliphatic carbocycles. The van der Waals surface area contributed by atoms with E-state index >= 15 is 0 Å². The average Bonchev–Trinajstić information content (AvgIpc) is 3.37. The number of carbonyl (C=O) groups excluding carboxylic acids is 1. The van der Waals surface area contributed by atoms with Crippen LogP contribution in [0, 0.1) is 22.7 Å². The highest BCUT2D eigenvalue weighted by Gasteiger charge is 2.32. The van der Waals surface area contributed by atoms with Crippen molar-refractivity contribution in [3.05, 3.63) is 52.0 Å². The van der Waals surface area contributed by atoms with Gasteiger partial charge in [-0.1, -0.05) is 38.1 Å². The predicted octanol–water partition coefficient (Wildman–Crippen LogP) is 5.69. The second-order valence-corrected chi connectivity index (χ2v) is 9.99. The lowest BCUT2D eigenvalue weighted by atomic mass is 9.72. The number of aromatic nitrogens is 1. The normalized spacial score (nSPS) is 15.8. The topological polar surface area (TPSA) is 88.1 Å². The molecule has 31 heavy (non-hydrogen) atoms. The third-order valence-corrected chi connectivity index (χ3v) is 7.10. The summed E-state index contributed by atoms with van der Waals surface area (Å²) in [5.41, 5.74) is 2.82. The highest BCUT2D eigenvalue weighted by Crippen LogP contribution is 2.44.